The Morgan fingerprint density at radius 2 is 1.69 bits per heavy atom. The summed E-state index contributed by atoms with van der Waals surface area (Å²) in [7, 11) is 0. The van der Waals surface area contributed by atoms with E-state index in [2.05, 4.69) is 61.8 Å². The van der Waals surface area contributed by atoms with Gasteiger partial charge in [-0.15, -0.1) is 10.2 Å². The lowest BCUT2D eigenvalue weighted by Crippen LogP contribution is -2.41. The number of fused-ring (bicyclic) bond motifs is 2. The van der Waals surface area contributed by atoms with E-state index >= 15 is 0 Å². The second-order valence-electron chi connectivity index (χ2n) is 14.8. The monoisotopic (exact) mass is 669 g/mol. The highest BCUT2D eigenvalue weighted by molar-refractivity contribution is 5.92. The molecule has 0 bridgehead atoms. The molecule has 1 saturated heterocycles. The summed E-state index contributed by atoms with van der Waals surface area (Å²) in [6.45, 7) is 16.6. The second kappa shape index (κ2) is 14.1. The molecule has 3 aromatic heterocycles. The predicted octanol–water partition coefficient (Wildman–Crippen LogP) is 4.95. The van der Waals surface area contributed by atoms with Crippen molar-refractivity contribution in [1.29, 1.82) is 0 Å². The molecule has 0 radical (unpaired) electrons. The Hall–Kier alpha value is -4.62. The van der Waals surface area contributed by atoms with Crippen LogP contribution in [-0.2, 0) is 15.6 Å². The van der Waals surface area contributed by atoms with Crippen molar-refractivity contribution in [3.8, 4) is 5.75 Å². The average Bonchev–Trinajstić information content (AvgIpc) is 3.50. The number of hydrogen-bond acceptors (Lipinski definition) is 9. The van der Waals surface area contributed by atoms with Gasteiger partial charge in [-0.25, -0.2) is 14.8 Å². The molecule has 260 valence electrons. The molecule has 13 heteroatoms. The van der Waals surface area contributed by atoms with Crippen LogP contribution >= 0.6 is 0 Å². The molecule has 3 amide bonds. The molecule has 4 heterocycles. The number of morpholine rings is 1. The van der Waals surface area contributed by atoms with E-state index in [0.717, 1.165) is 41.4 Å². The van der Waals surface area contributed by atoms with Crippen LogP contribution in [0.3, 0.4) is 0 Å². The Balaban J connectivity index is 1.13. The average molecular weight is 670 g/mol. The summed E-state index contributed by atoms with van der Waals surface area (Å²) in [5, 5.41) is 17.6. The molecule has 13 nitrogen and oxygen atoms in total. The number of carbonyl (C=O) groups is 2. The van der Waals surface area contributed by atoms with Crippen LogP contribution in [0, 0.1) is 0 Å². The van der Waals surface area contributed by atoms with Gasteiger partial charge in [0.25, 0.3) is 5.91 Å². The van der Waals surface area contributed by atoms with E-state index in [0.29, 0.717) is 44.8 Å². The van der Waals surface area contributed by atoms with Crippen LogP contribution in [0.1, 0.15) is 99.8 Å². The first-order valence-electron chi connectivity index (χ1n) is 17.0. The van der Waals surface area contributed by atoms with Gasteiger partial charge >= 0.3 is 6.03 Å². The Labute approximate surface area is 287 Å². The first-order chi connectivity index (χ1) is 23.3. The fraction of sp³-hybridized carbons (Fsp3) is 0.500. The fourth-order valence-electron chi connectivity index (χ4n) is 6.18. The van der Waals surface area contributed by atoms with Crippen LogP contribution in [0.15, 0.2) is 48.7 Å². The van der Waals surface area contributed by atoms with Crippen molar-refractivity contribution in [2.24, 2.45) is 0 Å². The van der Waals surface area contributed by atoms with E-state index in [-0.39, 0.29) is 40.5 Å². The summed E-state index contributed by atoms with van der Waals surface area (Å²) in [5.41, 5.74) is 2.89. The number of nitrogens with one attached hydrogen (secondary N) is 3. The van der Waals surface area contributed by atoms with Crippen molar-refractivity contribution in [2.45, 2.75) is 77.4 Å². The van der Waals surface area contributed by atoms with Crippen LogP contribution in [0.4, 0.5) is 10.6 Å². The standard InChI is InChI=1S/C36H47N9O4/c1-35(2,3)28-21-29(40-31(39-28)32(46)37-15-16-44-17-19-48-20-18-44)41-34(47)38-26-12-13-27(25-10-8-7-9-24(25)26)49-23-11-14-30-42-43-33(36(4,5)6)45(30)22-23/h7-11,14,21-22,26-27H,12-13,15-20H2,1-6H3,(H,37,46)(H2,38,39,40,41,47)/t26-,27+/m0/s1. The number of urea groups is 1. The molecule has 6 rings (SSSR count). The molecule has 1 aliphatic heterocycles. The van der Waals surface area contributed by atoms with E-state index in [4.69, 9.17) is 9.47 Å². The van der Waals surface area contributed by atoms with Crippen LogP contribution in [0.5, 0.6) is 5.75 Å². The third-order valence-electron chi connectivity index (χ3n) is 8.82. The Morgan fingerprint density at radius 3 is 2.43 bits per heavy atom. The van der Waals surface area contributed by atoms with Crippen molar-refractivity contribution in [1.82, 2.24) is 40.1 Å². The minimum Gasteiger partial charge on any atom is -0.484 e. The first-order valence-corrected chi connectivity index (χ1v) is 17.0. The number of ether oxygens (including phenoxy) is 2. The third-order valence-corrected chi connectivity index (χ3v) is 8.82. The smallest absolute Gasteiger partial charge is 0.320 e. The van der Waals surface area contributed by atoms with Crippen molar-refractivity contribution in [3.05, 3.63) is 77.1 Å². The van der Waals surface area contributed by atoms with Crippen molar-refractivity contribution in [2.75, 3.05) is 44.7 Å². The number of carbonyl (C=O) groups excluding carboxylic acids is 2. The zero-order chi connectivity index (χ0) is 34.8. The number of hydrogen-bond donors (Lipinski definition) is 3. The third kappa shape index (κ3) is 8.16. The molecule has 0 spiro atoms. The highest BCUT2D eigenvalue weighted by Crippen LogP contribution is 2.39. The summed E-state index contributed by atoms with van der Waals surface area (Å²) >= 11 is 0. The van der Waals surface area contributed by atoms with E-state index < -0.39 is 6.03 Å². The van der Waals surface area contributed by atoms with Crippen LogP contribution in [0.2, 0.25) is 0 Å². The van der Waals surface area contributed by atoms with Gasteiger partial charge in [0.1, 0.15) is 23.5 Å². The minimum absolute atomic E-state index is 0.0204. The molecular weight excluding hydrogens is 622 g/mol. The summed E-state index contributed by atoms with van der Waals surface area (Å²) in [5.74, 6) is 1.49. The van der Waals surface area contributed by atoms with Crippen molar-refractivity contribution in [3.63, 3.8) is 0 Å². The Morgan fingerprint density at radius 1 is 0.939 bits per heavy atom. The molecule has 1 aliphatic carbocycles. The van der Waals surface area contributed by atoms with E-state index in [1.54, 1.807) is 6.07 Å². The highest BCUT2D eigenvalue weighted by atomic mass is 16.5. The first kappa shape index (κ1) is 34.3. The fourth-order valence-corrected chi connectivity index (χ4v) is 6.18. The molecule has 49 heavy (non-hydrogen) atoms. The van der Waals surface area contributed by atoms with Gasteiger partial charge in [0.15, 0.2) is 5.65 Å². The van der Waals surface area contributed by atoms with Gasteiger partial charge in [0, 0.05) is 43.1 Å². The summed E-state index contributed by atoms with van der Waals surface area (Å²) in [4.78, 5) is 37.7. The SMILES string of the molecule is CC(C)(C)c1cc(NC(=O)N[C@H]2CC[C@@H](Oc3ccc4nnc(C(C)(C)C)n4c3)c3ccccc32)nc(C(=O)NCCN2CCOCC2)n1. The van der Waals surface area contributed by atoms with Gasteiger partial charge in [-0.05, 0) is 36.1 Å². The lowest BCUT2D eigenvalue weighted by molar-refractivity contribution is 0.0383. The number of amides is 3. The number of pyridine rings is 1. The maximum atomic E-state index is 13.4. The molecule has 3 N–H and O–H groups in total. The molecule has 1 aromatic carbocycles. The van der Waals surface area contributed by atoms with Gasteiger partial charge in [-0.2, -0.15) is 0 Å². The molecular formula is C36H47N9O4. The predicted molar refractivity (Wildman–Crippen MR) is 186 cm³/mol. The second-order valence-corrected chi connectivity index (χ2v) is 14.8. The van der Waals surface area contributed by atoms with Crippen molar-refractivity contribution >= 4 is 23.4 Å². The maximum Gasteiger partial charge on any atom is 0.320 e. The molecule has 2 aliphatic rings. The van der Waals surface area contributed by atoms with Gasteiger partial charge in [-0.3, -0.25) is 19.4 Å². The zero-order valence-electron chi connectivity index (χ0n) is 29.2. The van der Waals surface area contributed by atoms with Gasteiger partial charge in [0.05, 0.1) is 31.1 Å². The van der Waals surface area contributed by atoms with Crippen molar-refractivity contribution < 1.29 is 19.1 Å². The van der Waals surface area contributed by atoms with E-state index in [1.807, 2.05) is 67.8 Å². The molecule has 0 saturated carbocycles. The number of aromatic nitrogens is 5. The topological polar surface area (TPSA) is 148 Å². The molecule has 1 fully saturated rings. The van der Waals surface area contributed by atoms with E-state index in [1.165, 1.54) is 0 Å². The Kier molecular flexibility index (Phi) is 9.84. The molecule has 4 aromatic rings. The maximum absolute atomic E-state index is 13.4. The minimum atomic E-state index is -0.413. The molecule has 0 unspecified atom stereocenters. The van der Waals surface area contributed by atoms with Crippen LogP contribution in [0.25, 0.3) is 5.65 Å². The van der Waals surface area contributed by atoms with Crippen LogP contribution < -0.4 is 20.7 Å². The summed E-state index contributed by atoms with van der Waals surface area (Å²) < 4.78 is 13.9. The lowest BCUT2D eigenvalue weighted by atomic mass is 9.85. The normalized spacial score (nSPS) is 18.5. The zero-order valence-corrected chi connectivity index (χ0v) is 29.2. The Bertz CT molecular complexity index is 1800. The van der Waals surface area contributed by atoms with Gasteiger partial charge in [-0.1, -0.05) is 65.8 Å². The largest absolute Gasteiger partial charge is 0.484 e. The number of rotatable bonds is 8. The summed E-state index contributed by atoms with van der Waals surface area (Å²) in [6, 6.07) is 12.9. The number of nitrogens with zero attached hydrogens (tertiary/aromatic N) is 6. The van der Waals surface area contributed by atoms with Gasteiger partial charge in [0.2, 0.25) is 5.82 Å². The summed E-state index contributed by atoms with van der Waals surface area (Å²) in [6.07, 6.45) is 3.13. The van der Waals surface area contributed by atoms with E-state index in [9.17, 15) is 9.59 Å². The number of benzene rings is 1. The van der Waals surface area contributed by atoms with Crippen LogP contribution in [-0.4, -0.2) is 80.8 Å². The highest BCUT2D eigenvalue weighted by Gasteiger charge is 2.30. The molecule has 2 atom stereocenters. The van der Waals surface area contributed by atoms with Gasteiger partial charge < -0.3 is 20.1 Å². The number of anilines is 1. The quantitative estimate of drug-likeness (QED) is 0.237. The lowest BCUT2D eigenvalue weighted by Gasteiger charge is -2.32.